The van der Waals surface area contributed by atoms with Crippen LogP contribution in [0.25, 0.3) is 0 Å². The molecule has 3 heteroatoms. The van der Waals surface area contributed by atoms with E-state index in [4.69, 9.17) is 4.74 Å². The third-order valence-electron chi connectivity index (χ3n) is 4.53. The van der Waals surface area contributed by atoms with Gasteiger partial charge in [-0.15, -0.1) is 0 Å². The van der Waals surface area contributed by atoms with Crippen molar-refractivity contribution < 1.29 is 4.74 Å². The Hall–Kier alpha value is -0.120. The normalized spacial score (nSPS) is 41.4. The average molecular weight is 224 g/mol. The van der Waals surface area contributed by atoms with Crippen LogP contribution in [0.4, 0.5) is 0 Å². The standard InChI is InChI=1S/C13H24N2O/c1-13(5-3-9-16-13)11-14-7-8-15-6-2-4-12(15)10-14/h12H,2-11H2,1H3. The van der Waals surface area contributed by atoms with E-state index in [0.717, 1.165) is 19.2 Å². The Morgan fingerprint density at radius 1 is 1.25 bits per heavy atom. The van der Waals surface area contributed by atoms with E-state index in [9.17, 15) is 0 Å². The summed E-state index contributed by atoms with van der Waals surface area (Å²) in [7, 11) is 0. The molecule has 3 aliphatic rings. The Bertz CT molecular complexity index is 250. The smallest absolute Gasteiger partial charge is 0.0781 e. The van der Waals surface area contributed by atoms with E-state index in [2.05, 4.69) is 16.7 Å². The van der Waals surface area contributed by atoms with Gasteiger partial charge in [0.05, 0.1) is 5.60 Å². The molecule has 0 N–H and O–H groups in total. The van der Waals surface area contributed by atoms with Gasteiger partial charge in [0.1, 0.15) is 0 Å². The summed E-state index contributed by atoms with van der Waals surface area (Å²) in [5.41, 5.74) is 0.154. The fourth-order valence-electron chi connectivity index (χ4n) is 3.63. The molecule has 0 radical (unpaired) electrons. The van der Waals surface area contributed by atoms with Crippen LogP contribution in [0.2, 0.25) is 0 Å². The second-order valence-electron chi connectivity index (χ2n) is 5.97. The molecule has 16 heavy (non-hydrogen) atoms. The van der Waals surface area contributed by atoms with Gasteiger partial charge in [-0.3, -0.25) is 9.80 Å². The number of hydrogen-bond acceptors (Lipinski definition) is 3. The molecule has 3 aliphatic heterocycles. The van der Waals surface area contributed by atoms with Crippen molar-refractivity contribution in [2.24, 2.45) is 0 Å². The van der Waals surface area contributed by atoms with E-state index in [1.165, 1.54) is 51.9 Å². The summed E-state index contributed by atoms with van der Waals surface area (Å²) in [6.45, 7) is 9.56. The summed E-state index contributed by atoms with van der Waals surface area (Å²) in [5, 5.41) is 0. The van der Waals surface area contributed by atoms with Crippen molar-refractivity contribution in [2.75, 3.05) is 39.3 Å². The van der Waals surface area contributed by atoms with Crippen molar-refractivity contribution in [3.8, 4) is 0 Å². The third kappa shape index (κ3) is 2.13. The molecule has 0 spiro atoms. The Balaban J connectivity index is 1.56. The topological polar surface area (TPSA) is 15.7 Å². The summed E-state index contributed by atoms with van der Waals surface area (Å²) in [6, 6.07) is 0.846. The molecule has 3 saturated heterocycles. The van der Waals surface area contributed by atoms with Gasteiger partial charge in [0.2, 0.25) is 0 Å². The number of ether oxygens (including phenoxy) is 1. The van der Waals surface area contributed by atoms with Crippen LogP contribution in [-0.2, 0) is 4.74 Å². The molecule has 0 aromatic heterocycles. The van der Waals surface area contributed by atoms with Crippen molar-refractivity contribution in [1.82, 2.24) is 9.80 Å². The van der Waals surface area contributed by atoms with Crippen LogP contribution in [-0.4, -0.2) is 60.8 Å². The number of hydrogen-bond donors (Lipinski definition) is 0. The SMILES string of the molecule is CC1(CN2CCN3CCCC3C2)CCCO1. The molecule has 3 rings (SSSR count). The lowest BCUT2D eigenvalue weighted by Crippen LogP contribution is -2.53. The maximum Gasteiger partial charge on any atom is 0.0781 e. The summed E-state index contributed by atoms with van der Waals surface area (Å²) in [4.78, 5) is 5.31. The Morgan fingerprint density at radius 2 is 2.19 bits per heavy atom. The van der Waals surface area contributed by atoms with E-state index < -0.39 is 0 Å². The highest BCUT2D eigenvalue weighted by atomic mass is 16.5. The number of fused-ring (bicyclic) bond motifs is 1. The van der Waals surface area contributed by atoms with E-state index in [1.807, 2.05) is 0 Å². The fourth-order valence-corrected chi connectivity index (χ4v) is 3.63. The Morgan fingerprint density at radius 3 is 3.00 bits per heavy atom. The highest BCUT2D eigenvalue weighted by molar-refractivity contribution is 4.91. The van der Waals surface area contributed by atoms with Gasteiger partial charge in [-0.1, -0.05) is 0 Å². The van der Waals surface area contributed by atoms with Crippen molar-refractivity contribution >= 4 is 0 Å². The molecule has 0 saturated carbocycles. The zero-order valence-corrected chi connectivity index (χ0v) is 10.5. The number of nitrogens with zero attached hydrogens (tertiary/aromatic N) is 2. The van der Waals surface area contributed by atoms with Gasteiger partial charge in [-0.2, -0.15) is 0 Å². The molecule has 0 aromatic rings. The Labute approximate surface area is 98.7 Å². The molecule has 2 atom stereocenters. The van der Waals surface area contributed by atoms with Gasteiger partial charge in [0, 0.05) is 38.8 Å². The van der Waals surface area contributed by atoms with Crippen LogP contribution in [0.5, 0.6) is 0 Å². The molecule has 92 valence electrons. The zero-order chi connectivity index (χ0) is 11.0. The molecule has 3 heterocycles. The van der Waals surface area contributed by atoms with Crippen LogP contribution in [0.3, 0.4) is 0 Å². The predicted octanol–water partition coefficient (Wildman–Crippen LogP) is 1.34. The molecule has 3 fully saturated rings. The minimum Gasteiger partial charge on any atom is -0.374 e. The number of rotatable bonds is 2. The first-order valence-electron chi connectivity index (χ1n) is 6.86. The van der Waals surface area contributed by atoms with E-state index in [0.29, 0.717) is 0 Å². The summed E-state index contributed by atoms with van der Waals surface area (Å²) >= 11 is 0. The van der Waals surface area contributed by atoms with Crippen molar-refractivity contribution in [2.45, 2.75) is 44.2 Å². The molecule has 0 amide bonds. The lowest BCUT2D eigenvalue weighted by Gasteiger charge is -2.40. The highest BCUT2D eigenvalue weighted by Gasteiger charge is 2.36. The predicted molar refractivity (Wildman–Crippen MR) is 64.6 cm³/mol. The molecule has 2 unspecified atom stereocenters. The van der Waals surface area contributed by atoms with Gasteiger partial charge in [0.25, 0.3) is 0 Å². The molecular weight excluding hydrogens is 200 g/mol. The third-order valence-corrected chi connectivity index (χ3v) is 4.53. The van der Waals surface area contributed by atoms with Crippen LogP contribution >= 0.6 is 0 Å². The highest BCUT2D eigenvalue weighted by Crippen LogP contribution is 2.28. The van der Waals surface area contributed by atoms with Crippen LogP contribution < -0.4 is 0 Å². The summed E-state index contributed by atoms with van der Waals surface area (Å²) in [6.07, 6.45) is 5.32. The zero-order valence-electron chi connectivity index (χ0n) is 10.5. The maximum atomic E-state index is 5.90. The van der Waals surface area contributed by atoms with Gasteiger partial charge in [-0.05, 0) is 39.2 Å². The first-order valence-corrected chi connectivity index (χ1v) is 6.86. The van der Waals surface area contributed by atoms with Crippen molar-refractivity contribution in [3.63, 3.8) is 0 Å². The largest absolute Gasteiger partial charge is 0.374 e. The monoisotopic (exact) mass is 224 g/mol. The average Bonchev–Trinajstić information content (AvgIpc) is 2.86. The lowest BCUT2D eigenvalue weighted by molar-refractivity contribution is -0.0240. The second-order valence-corrected chi connectivity index (χ2v) is 5.97. The fraction of sp³-hybridized carbons (Fsp3) is 1.00. The van der Waals surface area contributed by atoms with Crippen LogP contribution in [0.1, 0.15) is 32.6 Å². The van der Waals surface area contributed by atoms with Crippen molar-refractivity contribution in [3.05, 3.63) is 0 Å². The van der Waals surface area contributed by atoms with Gasteiger partial charge >= 0.3 is 0 Å². The summed E-state index contributed by atoms with van der Waals surface area (Å²) in [5.74, 6) is 0. The first kappa shape index (κ1) is 11.0. The molecule has 0 aliphatic carbocycles. The molecular formula is C13H24N2O. The first-order chi connectivity index (χ1) is 7.75. The summed E-state index contributed by atoms with van der Waals surface area (Å²) < 4.78 is 5.90. The minimum atomic E-state index is 0.154. The van der Waals surface area contributed by atoms with Gasteiger partial charge in [-0.25, -0.2) is 0 Å². The minimum absolute atomic E-state index is 0.154. The Kier molecular flexibility index (Phi) is 2.94. The van der Waals surface area contributed by atoms with E-state index in [-0.39, 0.29) is 5.60 Å². The molecule has 0 aromatic carbocycles. The van der Waals surface area contributed by atoms with Gasteiger partial charge < -0.3 is 4.74 Å². The van der Waals surface area contributed by atoms with Gasteiger partial charge in [0.15, 0.2) is 0 Å². The van der Waals surface area contributed by atoms with E-state index >= 15 is 0 Å². The quantitative estimate of drug-likeness (QED) is 0.704. The maximum absolute atomic E-state index is 5.90. The van der Waals surface area contributed by atoms with E-state index in [1.54, 1.807) is 0 Å². The van der Waals surface area contributed by atoms with Crippen LogP contribution in [0.15, 0.2) is 0 Å². The second kappa shape index (κ2) is 4.28. The number of piperazine rings is 1. The van der Waals surface area contributed by atoms with Crippen molar-refractivity contribution in [1.29, 1.82) is 0 Å². The molecule has 3 nitrogen and oxygen atoms in total. The molecule has 0 bridgehead atoms. The van der Waals surface area contributed by atoms with Crippen LogP contribution in [0, 0.1) is 0 Å². The lowest BCUT2D eigenvalue weighted by atomic mass is 10.0.